The number of guanidine groups is 1. The number of likely N-dealkylation sites (tertiary alicyclic amines) is 1. The Balaban J connectivity index is 1.84. The van der Waals surface area contributed by atoms with Gasteiger partial charge in [0, 0.05) is 19.6 Å². The third-order valence-electron chi connectivity index (χ3n) is 3.18. The molecule has 19 heavy (non-hydrogen) atoms. The van der Waals surface area contributed by atoms with Gasteiger partial charge in [-0.3, -0.25) is 4.99 Å². The molecule has 0 aromatic rings. The molecule has 0 aliphatic carbocycles. The second-order valence-corrected chi connectivity index (χ2v) is 6.01. The average molecular weight is 268 g/mol. The van der Waals surface area contributed by atoms with E-state index >= 15 is 0 Å². The summed E-state index contributed by atoms with van der Waals surface area (Å²) in [6, 6.07) is 0.194. The maximum absolute atomic E-state index is 12.1. The Morgan fingerprint density at radius 2 is 2.37 bits per heavy atom. The van der Waals surface area contributed by atoms with Crippen LogP contribution in [-0.2, 0) is 4.74 Å². The Kier molecular flexibility index (Phi) is 4.17. The number of nitrogens with zero attached hydrogens (tertiary/aromatic N) is 2. The topological polar surface area (TPSA) is 66.0 Å². The predicted molar refractivity (Wildman–Crippen MR) is 74.3 cm³/mol. The zero-order chi connectivity index (χ0) is 13.9. The normalized spacial score (nSPS) is 23.0. The number of amides is 1. The van der Waals surface area contributed by atoms with E-state index in [1.54, 1.807) is 0 Å². The Morgan fingerprint density at radius 1 is 1.58 bits per heavy atom. The highest BCUT2D eigenvalue weighted by Crippen LogP contribution is 2.20. The van der Waals surface area contributed by atoms with Gasteiger partial charge in [0.15, 0.2) is 5.96 Å². The Labute approximate surface area is 114 Å². The van der Waals surface area contributed by atoms with Gasteiger partial charge in [-0.2, -0.15) is 0 Å². The van der Waals surface area contributed by atoms with Gasteiger partial charge in [-0.1, -0.05) is 0 Å². The minimum atomic E-state index is -0.436. The van der Waals surface area contributed by atoms with Crippen molar-refractivity contribution >= 4 is 12.1 Å². The Morgan fingerprint density at radius 3 is 3.00 bits per heavy atom. The molecule has 1 saturated heterocycles. The summed E-state index contributed by atoms with van der Waals surface area (Å²) < 4.78 is 5.44. The molecule has 2 rings (SSSR count). The summed E-state index contributed by atoms with van der Waals surface area (Å²) in [7, 11) is 0. The van der Waals surface area contributed by atoms with Gasteiger partial charge in [0.25, 0.3) is 0 Å². The fraction of sp³-hybridized carbons (Fsp3) is 0.846. The van der Waals surface area contributed by atoms with Crippen molar-refractivity contribution < 1.29 is 9.53 Å². The summed E-state index contributed by atoms with van der Waals surface area (Å²) in [5.74, 6) is 0.844. The third kappa shape index (κ3) is 4.01. The summed E-state index contributed by atoms with van der Waals surface area (Å²) in [6.07, 6.45) is 1.84. The molecule has 0 spiro atoms. The largest absolute Gasteiger partial charge is 0.444 e. The van der Waals surface area contributed by atoms with Crippen LogP contribution >= 0.6 is 0 Å². The molecule has 2 N–H and O–H groups in total. The van der Waals surface area contributed by atoms with Crippen molar-refractivity contribution in [1.29, 1.82) is 0 Å². The predicted octanol–water partition coefficient (Wildman–Crippen LogP) is 0.935. The first kappa shape index (κ1) is 14.0. The Bertz CT molecular complexity index is 362. The molecule has 0 aromatic heterocycles. The van der Waals surface area contributed by atoms with E-state index in [9.17, 15) is 4.79 Å². The monoisotopic (exact) mass is 268 g/mol. The lowest BCUT2D eigenvalue weighted by Gasteiger charge is -2.28. The van der Waals surface area contributed by atoms with Crippen molar-refractivity contribution in [2.24, 2.45) is 4.99 Å². The van der Waals surface area contributed by atoms with E-state index < -0.39 is 5.60 Å². The van der Waals surface area contributed by atoms with E-state index in [0.29, 0.717) is 0 Å². The molecule has 0 aromatic carbocycles. The molecule has 0 saturated carbocycles. The lowest BCUT2D eigenvalue weighted by atomic mass is 10.2. The summed E-state index contributed by atoms with van der Waals surface area (Å²) in [5, 5.41) is 6.43. The summed E-state index contributed by atoms with van der Waals surface area (Å²) in [5.41, 5.74) is -0.436. The quantitative estimate of drug-likeness (QED) is 0.782. The van der Waals surface area contributed by atoms with E-state index in [1.807, 2.05) is 25.7 Å². The van der Waals surface area contributed by atoms with Gasteiger partial charge in [0.05, 0.1) is 12.6 Å². The van der Waals surface area contributed by atoms with Crippen molar-refractivity contribution in [3.8, 4) is 0 Å². The van der Waals surface area contributed by atoms with Crippen LogP contribution < -0.4 is 10.6 Å². The van der Waals surface area contributed by atoms with Gasteiger partial charge in [0.2, 0.25) is 0 Å². The van der Waals surface area contributed by atoms with Crippen LogP contribution in [0.1, 0.15) is 33.6 Å². The SMILES string of the molecule is CC(C)(C)OC(=O)N1CCC[C@H]1CNC1=NCCN1. The fourth-order valence-corrected chi connectivity index (χ4v) is 2.34. The number of hydrogen-bond donors (Lipinski definition) is 2. The number of hydrogen-bond acceptors (Lipinski definition) is 5. The van der Waals surface area contributed by atoms with E-state index in [1.165, 1.54) is 0 Å². The smallest absolute Gasteiger partial charge is 0.410 e. The summed E-state index contributed by atoms with van der Waals surface area (Å²) in [4.78, 5) is 18.2. The fourth-order valence-electron chi connectivity index (χ4n) is 2.34. The van der Waals surface area contributed by atoms with Crippen LogP contribution in [0.15, 0.2) is 4.99 Å². The molecule has 1 fully saturated rings. The summed E-state index contributed by atoms with van der Waals surface area (Å²) in [6.45, 7) is 8.90. The lowest BCUT2D eigenvalue weighted by molar-refractivity contribution is 0.0229. The van der Waals surface area contributed by atoms with Crippen LogP contribution in [-0.4, -0.2) is 54.8 Å². The minimum Gasteiger partial charge on any atom is -0.444 e. The van der Waals surface area contributed by atoms with Crippen LogP contribution in [0.5, 0.6) is 0 Å². The van der Waals surface area contributed by atoms with Crippen LogP contribution in [0.3, 0.4) is 0 Å². The van der Waals surface area contributed by atoms with Gasteiger partial charge >= 0.3 is 6.09 Å². The molecule has 2 heterocycles. The van der Waals surface area contributed by atoms with E-state index in [2.05, 4.69) is 15.6 Å². The zero-order valence-corrected chi connectivity index (χ0v) is 12.0. The molecular formula is C13H24N4O2. The highest BCUT2D eigenvalue weighted by Gasteiger charge is 2.32. The molecule has 108 valence electrons. The minimum absolute atomic E-state index is 0.194. The molecule has 0 radical (unpaired) electrons. The maximum Gasteiger partial charge on any atom is 0.410 e. The van der Waals surface area contributed by atoms with E-state index in [4.69, 9.17) is 4.74 Å². The first-order valence-corrected chi connectivity index (χ1v) is 6.97. The molecule has 2 aliphatic heterocycles. The van der Waals surface area contributed by atoms with Crippen LogP contribution in [0.25, 0.3) is 0 Å². The van der Waals surface area contributed by atoms with Crippen molar-refractivity contribution in [2.45, 2.75) is 45.3 Å². The van der Waals surface area contributed by atoms with Crippen molar-refractivity contribution in [1.82, 2.24) is 15.5 Å². The molecule has 0 unspecified atom stereocenters. The van der Waals surface area contributed by atoms with Crippen LogP contribution in [0.2, 0.25) is 0 Å². The molecular weight excluding hydrogens is 244 g/mol. The second kappa shape index (κ2) is 5.67. The molecule has 2 aliphatic rings. The summed E-state index contributed by atoms with van der Waals surface area (Å²) >= 11 is 0. The number of carbonyl (C=O) groups is 1. The van der Waals surface area contributed by atoms with Crippen LogP contribution in [0.4, 0.5) is 4.79 Å². The lowest BCUT2D eigenvalue weighted by Crippen LogP contribution is -2.46. The number of ether oxygens (including phenoxy) is 1. The average Bonchev–Trinajstić information content (AvgIpc) is 2.95. The van der Waals surface area contributed by atoms with E-state index in [0.717, 1.165) is 45.0 Å². The molecule has 6 heteroatoms. The zero-order valence-electron chi connectivity index (χ0n) is 12.0. The van der Waals surface area contributed by atoms with Gasteiger partial charge in [-0.05, 0) is 33.6 Å². The van der Waals surface area contributed by atoms with E-state index in [-0.39, 0.29) is 12.1 Å². The first-order chi connectivity index (χ1) is 8.96. The molecule has 1 amide bonds. The van der Waals surface area contributed by atoms with Gasteiger partial charge in [-0.15, -0.1) is 0 Å². The number of nitrogens with one attached hydrogen (secondary N) is 2. The first-order valence-electron chi connectivity index (χ1n) is 6.97. The number of carbonyl (C=O) groups excluding carboxylic acids is 1. The Hall–Kier alpha value is -1.46. The van der Waals surface area contributed by atoms with Crippen molar-refractivity contribution in [2.75, 3.05) is 26.2 Å². The maximum atomic E-state index is 12.1. The highest BCUT2D eigenvalue weighted by atomic mass is 16.6. The van der Waals surface area contributed by atoms with Crippen molar-refractivity contribution in [3.63, 3.8) is 0 Å². The highest BCUT2D eigenvalue weighted by molar-refractivity contribution is 5.81. The standard InChI is InChI=1S/C13H24N4O2/c1-13(2,3)19-12(18)17-8-4-5-10(17)9-16-11-14-6-7-15-11/h10H,4-9H2,1-3H3,(H2,14,15,16)/t10-/m0/s1. The molecule has 1 atom stereocenters. The molecule has 6 nitrogen and oxygen atoms in total. The number of aliphatic imine (C=N–C) groups is 1. The van der Waals surface area contributed by atoms with Gasteiger partial charge in [-0.25, -0.2) is 4.79 Å². The number of rotatable bonds is 2. The second-order valence-electron chi connectivity index (χ2n) is 6.01. The molecule has 0 bridgehead atoms. The van der Waals surface area contributed by atoms with Gasteiger partial charge in [0.1, 0.15) is 5.60 Å². The van der Waals surface area contributed by atoms with Gasteiger partial charge < -0.3 is 20.3 Å². The van der Waals surface area contributed by atoms with Crippen molar-refractivity contribution in [3.05, 3.63) is 0 Å². The third-order valence-corrected chi connectivity index (χ3v) is 3.18. The van der Waals surface area contributed by atoms with Crippen LogP contribution in [0, 0.1) is 0 Å².